The van der Waals surface area contributed by atoms with Crippen LogP contribution in [-0.2, 0) is 4.79 Å². The number of nitrogens with zero attached hydrogens (tertiary/aromatic N) is 1. The van der Waals surface area contributed by atoms with E-state index in [0.29, 0.717) is 22.7 Å². The Morgan fingerprint density at radius 1 is 1.29 bits per heavy atom. The predicted molar refractivity (Wildman–Crippen MR) is 69.9 cm³/mol. The number of phenolic OH excluding ortho intramolecular Hbond substituents is 1. The van der Waals surface area contributed by atoms with Crippen LogP contribution in [0.15, 0.2) is 59.0 Å². The molecule has 0 saturated carbocycles. The number of rotatable bonds is 3. The second-order valence-electron chi connectivity index (χ2n) is 3.36. The van der Waals surface area contributed by atoms with Crippen molar-refractivity contribution in [2.45, 2.75) is 4.90 Å². The number of allylic oxidation sites excluding steroid dienone is 2. The normalized spacial score (nSPS) is 14.2. The van der Waals surface area contributed by atoms with Gasteiger partial charge >= 0.3 is 0 Å². The Balaban J connectivity index is 2.67. The minimum atomic E-state index is 0.154. The minimum Gasteiger partial charge on any atom is -0.507 e. The first kappa shape index (κ1) is 11.5. The molecule has 17 heavy (non-hydrogen) atoms. The Kier molecular flexibility index (Phi) is 3.06. The molecule has 0 aliphatic carbocycles. The molecule has 1 N–H and O–H groups in total. The molecule has 0 bridgehead atoms. The number of carbonyl (C=O) groups excluding carboxylic acids is 1. The summed E-state index contributed by atoms with van der Waals surface area (Å²) in [5.41, 5.74) is 1.34. The van der Waals surface area contributed by atoms with Crippen LogP contribution < -0.4 is 4.90 Å². The molecule has 1 aliphatic heterocycles. The summed E-state index contributed by atoms with van der Waals surface area (Å²) in [5.74, 6) is 0.154. The fraction of sp³-hybridized carbons (Fsp3) is 0. The predicted octanol–water partition coefficient (Wildman–Crippen LogP) is 3.04. The number of amides is 1. The van der Waals surface area contributed by atoms with E-state index in [1.807, 2.05) is 0 Å². The van der Waals surface area contributed by atoms with E-state index in [9.17, 15) is 9.90 Å². The van der Waals surface area contributed by atoms with Crippen molar-refractivity contribution < 1.29 is 9.90 Å². The third-order valence-electron chi connectivity index (χ3n) is 2.44. The zero-order valence-electron chi connectivity index (χ0n) is 9.09. The minimum absolute atomic E-state index is 0.154. The van der Waals surface area contributed by atoms with Crippen molar-refractivity contribution in [2.75, 3.05) is 4.90 Å². The van der Waals surface area contributed by atoms with Crippen LogP contribution in [0.4, 0.5) is 5.69 Å². The van der Waals surface area contributed by atoms with Crippen LogP contribution in [0.1, 0.15) is 0 Å². The number of phenols is 1. The number of aromatic hydroxyl groups is 1. The molecule has 1 aromatic carbocycles. The van der Waals surface area contributed by atoms with Gasteiger partial charge in [-0.15, -0.1) is 0 Å². The molecule has 0 aromatic heterocycles. The van der Waals surface area contributed by atoms with E-state index >= 15 is 0 Å². The molecular formula is C13H11NO2S. The van der Waals surface area contributed by atoms with Crippen LogP contribution in [-0.4, -0.2) is 11.5 Å². The molecule has 0 radical (unpaired) electrons. The Bertz CT molecular complexity index is 534. The average molecular weight is 245 g/mol. The van der Waals surface area contributed by atoms with Gasteiger partial charge in [-0.25, -0.2) is 0 Å². The summed E-state index contributed by atoms with van der Waals surface area (Å²) >= 11 is 1.38. The van der Waals surface area contributed by atoms with Crippen molar-refractivity contribution in [3.05, 3.63) is 54.1 Å². The fourth-order valence-corrected chi connectivity index (χ4v) is 2.71. The van der Waals surface area contributed by atoms with E-state index in [-0.39, 0.29) is 5.75 Å². The van der Waals surface area contributed by atoms with Gasteiger partial charge in [0.1, 0.15) is 5.75 Å². The van der Waals surface area contributed by atoms with Crippen molar-refractivity contribution in [1.29, 1.82) is 0 Å². The molecule has 1 aromatic rings. The van der Waals surface area contributed by atoms with Gasteiger partial charge in [-0.1, -0.05) is 37.1 Å². The first-order valence-electron chi connectivity index (χ1n) is 4.96. The van der Waals surface area contributed by atoms with Gasteiger partial charge in [0.15, 0.2) is 0 Å². The van der Waals surface area contributed by atoms with Crippen LogP contribution in [0.3, 0.4) is 0 Å². The molecule has 0 unspecified atom stereocenters. The second kappa shape index (κ2) is 4.51. The molecule has 0 saturated heterocycles. The molecular weight excluding hydrogens is 234 g/mol. The molecule has 0 atom stereocenters. The van der Waals surface area contributed by atoms with Gasteiger partial charge < -0.3 is 5.11 Å². The van der Waals surface area contributed by atoms with Crippen molar-refractivity contribution in [1.82, 2.24) is 0 Å². The van der Waals surface area contributed by atoms with E-state index in [2.05, 4.69) is 13.2 Å². The molecule has 4 heteroatoms. The Labute approximate surface area is 104 Å². The smallest absolute Gasteiger partial charge is 0.218 e. The van der Waals surface area contributed by atoms with E-state index in [1.54, 1.807) is 30.4 Å². The number of carbonyl (C=O) groups is 1. The highest BCUT2D eigenvalue weighted by Gasteiger charge is 2.24. The van der Waals surface area contributed by atoms with Gasteiger partial charge in [0, 0.05) is 4.91 Å². The number of anilines is 1. The molecule has 1 aliphatic rings. The highest BCUT2D eigenvalue weighted by Crippen LogP contribution is 2.47. The third-order valence-corrected chi connectivity index (χ3v) is 3.66. The maximum absolute atomic E-state index is 11.2. The van der Waals surface area contributed by atoms with Gasteiger partial charge in [0.25, 0.3) is 0 Å². The average Bonchev–Trinajstić information content (AvgIpc) is 2.36. The molecule has 2 rings (SSSR count). The van der Waals surface area contributed by atoms with Crippen molar-refractivity contribution in [2.24, 2.45) is 0 Å². The van der Waals surface area contributed by atoms with E-state index < -0.39 is 0 Å². The number of hydrogen-bond acceptors (Lipinski definition) is 3. The van der Waals surface area contributed by atoms with E-state index in [1.165, 1.54) is 16.7 Å². The Morgan fingerprint density at radius 2 is 2.06 bits per heavy atom. The van der Waals surface area contributed by atoms with Gasteiger partial charge in [-0.05, 0) is 18.2 Å². The molecule has 1 amide bonds. The number of thioether (sulfide) groups is 1. The van der Waals surface area contributed by atoms with Crippen LogP contribution in [0.2, 0.25) is 0 Å². The maximum atomic E-state index is 11.2. The molecule has 1 heterocycles. The van der Waals surface area contributed by atoms with E-state index in [4.69, 9.17) is 0 Å². The molecule has 0 spiro atoms. The fourth-order valence-electron chi connectivity index (χ4n) is 1.68. The number of hydrogen-bond donors (Lipinski definition) is 1. The van der Waals surface area contributed by atoms with Gasteiger partial charge in [0.2, 0.25) is 6.41 Å². The first-order chi connectivity index (χ1) is 8.22. The number of benzene rings is 1. The standard InChI is InChI=1S/C13H11NO2S/c1-3-9-12(4-2)17-13-10(14(9)8-15)6-5-7-11(13)16/h3-8,16H,1-2H2. The second-order valence-corrected chi connectivity index (χ2v) is 4.41. The zero-order valence-corrected chi connectivity index (χ0v) is 9.91. The quantitative estimate of drug-likeness (QED) is 0.832. The van der Waals surface area contributed by atoms with Gasteiger partial charge in [0.05, 0.1) is 16.3 Å². The summed E-state index contributed by atoms with van der Waals surface area (Å²) < 4.78 is 0. The van der Waals surface area contributed by atoms with Gasteiger partial charge in [-0.3, -0.25) is 9.69 Å². The summed E-state index contributed by atoms with van der Waals surface area (Å²) in [6, 6.07) is 5.07. The summed E-state index contributed by atoms with van der Waals surface area (Å²) in [5, 5.41) is 9.80. The Morgan fingerprint density at radius 3 is 2.65 bits per heavy atom. The van der Waals surface area contributed by atoms with Crippen molar-refractivity contribution in [3.8, 4) is 5.75 Å². The monoisotopic (exact) mass is 245 g/mol. The largest absolute Gasteiger partial charge is 0.507 e. The lowest BCUT2D eigenvalue weighted by molar-refractivity contribution is -0.107. The lowest BCUT2D eigenvalue weighted by Crippen LogP contribution is -2.23. The SMILES string of the molecule is C=CC1=C(C=C)N(C=O)c2cccc(O)c2S1. The highest BCUT2D eigenvalue weighted by molar-refractivity contribution is 8.03. The summed E-state index contributed by atoms with van der Waals surface area (Å²) in [7, 11) is 0. The topological polar surface area (TPSA) is 40.5 Å². The maximum Gasteiger partial charge on any atom is 0.218 e. The molecule has 86 valence electrons. The lowest BCUT2D eigenvalue weighted by atomic mass is 10.2. The third kappa shape index (κ3) is 1.76. The van der Waals surface area contributed by atoms with Crippen molar-refractivity contribution in [3.63, 3.8) is 0 Å². The van der Waals surface area contributed by atoms with E-state index in [0.717, 1.165) is 4.91 Å². The van der Waals surface area contributed by atoms with Crippen LogP contribution in [0, 0.1) is 0 Å². The lowest BCUT2D eigenvalue weighted by Gasteiger charge is -2.28. The summed E-state index contributed by atoms with van der Waals surface area (Å²) in [6.45, 7) is 7.40. The molecule has 3 nitrogen and oxygen atoms in total. The van der Waals surface area contributed by atoms with Crippen LogP contribution in [0.25, 0.3) is 0 Å². The number of fused-ring (bicyclic) bond motifs is 1. The van der Waals surface area contributed by atoms with Crippen LogP contribution >= 0.6 is 11.8 Å². The van der Waals surface area contributed by atoms with Crippen LogP contribution in [0.5, 0.6) is 5.75 Å². The highest BCUT2D eigenvalue weighted by atomic mass is 32.2. The van der Waals surface area contributed by atoms with Crippen molar-refractivity contribution >= 4 is 23.9 Å². The zero-order chi connectivity index (χ0) is 12.4. The summed E-state index contributed by atoms with van der Waals surface area (Å²) in [6.07, 6.45) is 3.96. The first-order valence-corrected chi connectivity index (χ1v) is 5.78. The van der Waals surface area contributed by atoms with Gasteiger partial charge in [-0.2, -0.15) is 0 Å². The molecule has 0 fully saturated rings. The summed E-state index contributed by atoms with van der Waals surface area (Å²) in [4.78, 5) is 14.1. The Hall–Kier alpha value is -1.94.